The summed E-state index contributed by atoms with van der Waals surface area (Å²) in [5.41, 5.74) is 0. The predicted molar refractivity (Wildman–Crippen MR) is 47.3 cm³/mol. The van der Waals surface area contributed by atoms with E-state index >= 15 is 0 Å². The molecule has 2 nitrogen and oxygen atoms in total. The zero-order chi connectivity index (χ0) is 8.97. The van der Waals surface area contributed by atoms with Gasteiger partial charge in [-0.1, -0.05) is 18.1 Å². The Balaban J connectivity index is 2.38. The van der Waals surface area contributed by atoms with Gasteiger partial charge >= 0.3 is 0 Å². The molecule has 0 radical (unpaired) electrons. The largest absolute Gasteiger partial charge is 0.392 e. The summed E-state index contributed by atoms with van der Waals surface area (Å²) in [5.74, 6) is 5.39. The molecule has 0 saturated carbocycles. The van der Waals surface area contributed by atoms with Gasteiger partial charge in [0.1, 0.15) is 6.10 Å². The molecule has 1 rings (SSSR count). The molecule has 0 spiro atoms. The molecule has 66 valence electrons. The standard InChI is InChI=1S/C10H14O2/c1-2-4-9(11)7-8-5-3-6-10(8)12/h3,5,8-12H,6-7H2,1H3/t8-,9?,10-/m0/s1. The maximum absolute atomic E-state index is 9.38. The van der Waals surface area contributed by atoms with Crippen LogP contribution in [0.5, 0.6) is 0 Å². The number of aliphatic hydroxyl groups excluding tert-OH is 2. The van der Waals surface area contributed by atoms with E-state index in [2.05, 4.69) is 11.8 Å². The maximum atomic E-state index is 9.38. The normalized spacial score (nSPS) is 29.6. The highest BCUT2D eigenvalue weighted by atomic mass is 16.3. The van der Waals surface area contributed by atoms with Gasteiger partial charge in [0.05, 0.1) is 6.10 Å². The van der Waals surface area contributed by atoms with E-state index in [1.54, 1.807) is 6.92 Å². The summed E-state index contributed by atoms with van der Waals surface area (Å²) in [6.07, 6.45) is 4.22. The van der Waals surface area contributed by atoms with Crippen LogP contribution in [-0.2, 0) is 0 Å². The third-order valence-corrected chi connectivity index (χ3v) is 2.06. The van der Waals surface area contributed by atoms with Gasteiger partial charge in [0, 0.05) is 5.92 Å². The molecular weight excluding hydrogens is 152 g/mol. The van der Waals surface area contributed by atoms with Crippen molar-refractivity contribution in [2.75, 3.05) is 0 Å². The van der Waals surface area contributed by atoms with Gasteiger partial charge in [-0.2, -0.15) is 0 Å². The monoisotopic (exact) mass is 166 g/mol. The molecule has 0 fully saturated rings. The van der Waals surface area contributed by atoms with Crippen LogP contribution in [0.15, 0.2) is 12.2 Å². The molecular formula is C10H14O2. The fourth-order valence-electron chi connectivity index (χ4n) is 1.41. The van der Waals surface area contributed by atoms with Crippen LogP contribution in [0.1, 0.15) is 19.8 Å². The smallest absolute Gasteiger partial charge is 0.115 e. The first-order valence-corrected chi connectivity index (χ1v) is 4.19. The first-order chi connectivity index (χ1) is 5.74. The van der Waals surface area contributed by atoms with E-state index in [0.717, 1.165) is 0 Å². The molecule has 1 aliphatic rings. The quantitative estimate of drug-likeness (QED) is 0.468. The predicted octanol–water partition coefficient (Wildman–Crippen LogP) is 0.698. The van der Waals surface area contributed by atoms with Crippen molar-refractivity contribution in [3.63, 3.8) is 0 Å². The zero-order valence-corrected chi connectivity index (χ0v) is 7.20. The Morgan fingerprint density at radius 1 is 1.67 bits per heavy atom. The number of rotatable bonds is 2. The number of hydrogen-bond donors (Lipinski definition) is 2. The van der Waals surface area contributed by atoms with Gasteiger partial charge in [0.15, 0.2) is 0 Å². The average molecular weight is 166 g/mol. The van der Waals surface area contributed by atoms with Gasteiger partial charge in [0.25, 0.3) is 0 Å². The van der Waals surface area contributed by atoms with Gasteiger partial charge in [-0.25, -0.2) is 0 Å². The summed E-state index contributed by atoms with van der Waals surface area (Å²) in [6, 6.07) is 0. The van der Waals surface area contributed by atoms with Crippen LogP contribution < -0.4 is 0 Å². The van der Waals surface area contributed by atoms with Crippen molar-refractivity contribution < 1.29 is 10.2 Å². The molecule has 0 amide bonds. The maximum Gasteiger partial charge on any atom is 0.115 e. The van der Waals surface area contributed by atoms with Crippen LogP contribution in [0.4, 0.5) is 0 Å². The Hall–Kier alpha value is -0.780. The van der Waals surface area contributed by atoms with E-state index in [9.17, 15) is 10.2 Å². The van der Waals surface area contributed by atoms with Crippen molar-refractivity contribution >= 4 is 0 Å². The van der Waals surface area contributed by atoms with Gasteiger partial charge in [-0.3, -0.25) is 0 Å². The Labute approximate surface area is 72.9 Å². The van der Waals surface area contributed by atoms with E-state index in [1.807, 2.05) is 12.2 Å². The van der Waals surface area contributed by atoms with Crippen LogP contribution in [0, 0.1) is 17.8 Å². The summed E-state index contributed by atoms with van der Waals surface area (Å²) in [7, 11) is 0. The molecule has 0 aromatic carbocycles. The first-order valence-electron chi connectivity index (χ1n) is 4.19. The summed E-state index contributed by atoms with van der Waals surface area (Å²) < 4.78 is 0. The Bertz CT molecular complexity index is 222. The minimum Gasteiger partial charge on any atom is -0.392 e. The molecule has 0 heterocycles. The lowest BCUT2D eigenvalue weighted by atomic mass is 9.99. The summed E-state index contributed by atoms with van der Waals surface area (Å²) in [5, 5.41) is 18.7. The van der Waals surface area contributed by atoms with Crippen LogP contribution in [0.2, 0.25) is 0 Å². The number of hydrogen-bond acceptors (Lipinski definition) is 2. The molecule has 0 aromatic rings. The summed E-state index contributed by atoms with van der Waals surface area (Å²) >= 11 is 0. The Morgan fingerprint density at radius 2 is 2.42 bits per heavy atom. The Kier molecular flexibility index (Phi) is 3.33. The van der Waals surface area contributed by atoms with Gasteiger partial charge in [0.2, 0.25) is 0 Å². The highest BCUT2D eigenvalue weighted by Crippen LogP contribution is 2.22. The Morgan fingerprint density at radius 3 is 2.92 bits per heavy atom. The molecule has 2 N–H and O–H groups in total. The average Bonchev–Trinajstić information content (AvgIpc) is 2.37. The molecule has 2 heteroatoms. The number of aliphatic hydroxyl groups is 2. The molecule has 0 aliphatic heterocycles. The lowest BCUT2D eigenvalue weighted by Crippen LogP contribution is -2.19. The first kappa shape index (κ1) is 9.31. The SMILES string of the molecule is CC#CC(O)C[C@@H]1C=CC[C@@H]1O. The second kappa shape index (κ2) is 4.30. The van der Waals surface area contributed by atoms with Crippen LogP contribution in [0.25, 0.3) is 0 Å². The van der Waals surface area contributed by atoms with Crippen LogP contribution in [-0.4, -0.2) is 22.4 Å². The van der Waals surface area contributed by atoms with Crippen molar-refractivity contribution in [2.45, 2.75) is 32.0 Å². The van der Waals surface area contributed by atoms with E-state index in [1.165, 1.54) is 0 Å². The topological polar surface area (TPSA) is 40.5 Å². The fraction of sp³-hybridized carbons (Fsp3) is 0.600. The van der Waals surface area contributed by atoms with Crippen molar-refractivity contribution in [1.82, 2.24) is 0 Å². The lowest BCUT2D eigenvalue weighted by Gasteiger charge is -2.14. The summed E-state index contributed by atoms with van der Waals surface area (Å²) in [4.78, 5) is 0. The minimum absolute atomic E-state index is 0.0841. The fourth-order valence-corrected chi connectivity index (χ4v) is 1.41. The molecule has 1 aliphatic carbocycles. The lowest BCUT2D eigenvalue weighted by molar-refractivity contribution is 0.110. The molecule has 12 heavy (non-hydrogen) atoms. The molecule has 3 atom stereocenters. The molecule has 0 saturated heterocycles. The second-order valence-electron chi connectivity index (χ2n) is 3.04. The van der Waals surface area contributed by atoms with Crippen molar-refractivity contribution in [3.8, 4) is 11.8 Å². The van der Waals surface area contributed by atoms with Crippen LogP contribution in [0.3, 0.4) is 0 Å². The molecule has 0 bridgehead atoms. The van der Waals surface area contributed by atoms with Gasteiger partial charge in [-0.15, -0.1) is 5.92 Å². The van der Waals surface area contributed by atoms with E-state index in [-0.39, 0.29) is 12.0 Å². The minimum atomic E-state index is -0.600. The molecule has 0 aromatic heterocycles. The highest BCUT2D eigenvalue weighted by molar-refractivity contribution is 5.07. The van der Waals surface area contributed by atoms with Crippen molar-refractivity contribution in [1.29, 1.82) is 0 Å². The molecule has 1 unspecified atom stereocenters. The zero-order valence-electron chi connectivity index (χ0n) is 7.20. The second-order valence-corrected chi connectivity index (χ2v) is 3.04. The third-order valence-electron chi connectivity index (χ3n) is 2.06. The van der Waals surface area contributed by atoms with Crippen molar-refractivity contribution in [3.05, 3.63) is 12.2 Å². The van der Waals surface area contributed by atoms with Gasteiger partial charge in [-0.05, 0) is 19.8 Å². The van der Waals surface area contributed by atoms with E-state index in [4.69, 9.17) is 0 Å². The third kappa shape index (κ3) is 2.37. The van der Waals surface area contributed by atoms with E-state index in [0.29, 0.717) is 12.8 Å². The van der Waals surface area contributed by atoms with Gasteiger partial charge < -0.3 is 10.2 Å². The highest BCUT2D eigenvalue weighted by Gasteiger charge is 2.21. The van der Waals surface area contributed by atoms with Crippen LogP contribution >= 0.6 is 0 Å². The van der Waals surface area contributed by atoms with E-state index < -0.39 is 6.10 Å². The van der Waals surface area contributed by atoms with Crippen molar-refractivity contribution in [2.24, 2.45) is 5.92 Å². The summed E-state index contributed by atoms with van der Waals surface area (Å²) in [6.45, 7) is 1.70.